The van der Waals surface area contributed by atoms with Gasteiger partial charge in [-0.15, -0.1) is 0 Å². The molecular formula is C16H25NO4. The van der Waals surface area contributed by atoms with E-state index in [-0.39, 0.29) is 12.5 Å². The van der Waals surface area contributed by atoms with Crippen LogP contribution in [-0.2, 0) is 9.53 Å². The molecule has 5 heteroatoms. The first-order valence-corrected chi connectivity index (χ1v) is 7.38. The topological polar surface area (TPSA) is 56.8 Å². The molecule has 0 aliphatic rings. The van der Waals surface area contributed by atoms with Crippen molar-refractivity contribution in [3.63, 3.8) is 0 Å². The maximum absolute atomic E-state index is 11.6. The van der Waals surface area contributed by atoms with Gasteiger partial charge >= 0.3 is 0 Å². The van der Waals surface area contributed by atoms with Crippen LogP contribution in [0.4, 0.5) is 0 Å². The molecule has 1 N–H and O–H groups in total. The van der Waals surface area contributed by atoms with Gasteiger partial charge in [-0.05, 0) is 25.0 Å². The van der Waals surface area contributed by atoms with E-state index in [1.54, 1.807) is 19.2 Å². The highest BCUT2D eigenvalue weighted by Crippen LogP contribution is 2.25. The Morgan fingerprint density at radius 3 is 2.57 bits per heavy atom. The van der Waals surface area contributed by atoms with E-state index in [2.05, 4.69) is 12.2 Å². The zero-order valence-corrected chi connectivity index (χ0v) is 12.9. The minimum absolute atomic E-state index is 0.0168. The van der Waals surface area contributed by atoms with Gasteiger partial charge in [-0.2, -0.15) is 0 Å². The molecule has 21 heavy (non-hydrogen) atoms. The van der Waals surface area contributed by atoms with Crippen molar-refractivity contribution in [2.24, 2.45) is 0 Å². The summed E-state index contributed by atoms with van der Waals surface area (Å²) in [6.45, 7) is 4.18. The van der Waals surface area contributed by atoms with Gasteiger partial charge < -0.3 is 19.5 Å². The van der Waals surface area contributed by atoms with E-state index in [0.29, 0.717) is 24.7 Å². The van der Waals surface area contributed by atoms with Crippen molar-refractivity contribution in [2.45, 2.75) is 26.2 Å². The lowest BCUT2D eigenvalue weighted by Crippen LogP contribution is -2.30. The van der Waals surface area contributed by atoms with E-state index in [9.17, 15) is 4.79 Å². The molecule has 5 nitrogen and oxygen atoms in total. The first kappa shape index (κ1) is 17.3. The van der Waals surface area contributed by atoms with Crippen molar-refractivity contribution < 1.29 is 19.0 Å². The maximum Gasteiger partial charge on any atom is 0.257 e. The summed E-state index contributed by atoms with van der Waals surface area (Å²) < 4.78 is 16.0. The normalized spacial score (nSPS) is 10.2. The second-order valence-corrected chi connectivity index (χ2v) is 4.61. The van der Waals surface area contributed by atoms with Crippen LogP contribution < -0.4 is 14.8 Å². The van der Waals surface area contributed by atoms with Crippen LogP contribution in [-0.4, -0.2) is 39.4 Å². The Bertz CT molecular complexity index is 409. The lowest BCUT2D eigenvalue weighted by Gasteiger charge is -2.10. The van der Waals surface area contributed by atoms with E-state index in [1.807, 2.05) is 12.1 Å². The molecule has 0 aromatic heterocycles. The molecule has 1 amide bonds. The van der Waals surface area contributed by atoms with Gasteiger partial charge in [-0.1, -0.05) is 25.5 Å². The van der Waals surface area contributed by atoms with Crippen molar-refractivity contribution >= 4 is 5.91 Å². The van der Waals surface area contributed by atoms with Crippen molar-refractivity contribution in [3.8, 4) is 11.5 Å². The summed E-state index contributed by atoms with van der Waals surface area (Å²) in [7, 11) is 1.57. The molecule has 0 saturated carbocycles. The zero-order chi connectivity index (χ0) is 15.3. The Morgan fingerprint density at radius 2 is 1.86 bits per heavy atom. The number of benzene rings is 1. The first-order chi connectivity index (χ1) is 10.3. The fourth-order valence-electron chi connectivity index (χ4n) is 1.68. The maximum atomic E-state index is 11.6. The number of rotatable bonds is 11. The van der Waals surface area contributed by atoms with Gasteiger partial charge in [0.25, 0.3) is 5.91 Å². The molecular weight excluding hydrogens is 270 g/mol. The van der Waals surface area contributed by atoms with Crippen LogP contribution in [0.3, 0.4) is 0 Å². The zero-order valence-electron chi connectivity index (χ0n) is 12.9. The molecule has 0 heterocycles. The summed E-state index contributed by atoms with van der Waals surface area (Å²) in [6.07, 6.45) is 3.03. The second kappa shape index (κ2) is 11.0. The molecule has 0 aliphatic carbocycles. The molecule has 1 aromatic carbocycles. The Balaban J connectivity index is 2.11. The number of amides is 1. The third-order valence-corrected chi connectivity index (χ3v) is 2.86. The molecule has 0 unspecified atom stereocenters. The number of nitrogens with one attached hydrogen (secondary N) is 1. The molecule has 1 aromatic rings. The Hall–Kier alpha value is -1.75. The van der Waals surface area contributed by atoms with Gasteiger partial charge in [-0.3, -0.25) is 4.79 Å². The Morgan fingerprint density at radius 1 is 1.14 bits per heavy atom. The van der Waals surface area contributed by atoms with E-state index in [1.165, 1.54) is 0 Å². The minimum Gasteiger partial charge on any atom is -0.493 e. The van der Waals surface area contributed by atoms with Gasteiger partial charge in [0, 0.05) is 19.8 Å². The quantitative estimate of drug-likeness (QED) is 0.637. The van der Waals surface area contributed by atoms with Crippen molar-refractivity contribution in [3.05, 3.63) is 24.3 Å². The van der Waals surface area contributed by atoms with Gasteiger partial charge in [-0.25, -0.2) is 0 Å². The fourth-order valence-corrected chi connectivity index (χ4v) is 1.68. The smallest absolute Gasteiger partial charge is 0.257 e. The highest BCUT2D eigenvalue weighted by molar-refractivity contribution is 5.77. The van der Waals surface area contributed by atoms with Crippen LogP contribution in [0.2, 0.25) is 0 Å². The number of carbonyl (C=O) groups is 1. The van der Waals surface area contributed by atoms with Crippen LogP contribution in [0.25, 0.3) is 0 Å². The standard InChI is InChI=1S/C16H25NO4/c1-3-4-11-20-12-7-10-17-16(18)13-21-15-9-6-5-8-14(15)19-2/h5-6,8-9H,3-4,7,10-13H2,1-2H3,(H,17,18). The monoisotopic (exact) mass is 295 g/mol. The van der Waals surface area contributed by atoms with Crippen LogP contribution in [0.15, 0.2) is 24.3 Å². The van der Waals surface area contributed by atoms with Crippen LogP contribution in [0.5, 0.6) is 11.5 Å². The lowest BCUT2D eigenvalue weighted by atomic mass is 10.3. The van der Waals surface area contributed by atoms with Crippen molar-refractivity contribution in [1.29, 1.82) is 0 Å². The molecule has 0 aliphatic heterocycles. The highest BCUT2D eigenvalue weighted by atomic mass is 16.5. The third-order valence-electron chi connectivity index (χ3n) is 2.86. The van der Waals surface area contributed by atoms with Crippen molar-refractivity contribution in [2.75, 3.05) is 33.5 Å². The molecule has 118 valence electrons. The number of methoxy groups -OCH3 is 1. The average molecular weight is 295 g/mol. The SMILES string of the molecule is CCCCOCCCNC(=O)COc1ccccc1OC. The molecule has 0 fully saturated rings. The number of hydrogen-bond acceptors (Lipinski definition) is 4. The largest absolute Gasteiger partial charge is 0.493 e. The van der Waals surface area contributed by atoms with Gasteiger partial charge in [0.1, 0.15) is 0 Å². The van der Waals surface area contributed by atoms with Gasteiger partial charge in [0.15, 0.2) is 18.1 Å². The third kappa shape index (κ3) is 7.56. The number of unbranched alkanes of at least 4 members (excludes halogenated alkanes) is 1. The van der Waals surface area contributed by atoms with E-state index < -0.39 is 0 Å². The summed E-state index contributed by atoms with van der Waals surface area (Å²) in [4.78, 5) is 11.6. The number of carbonyl (C=O) groups excluding carboxylic acids is 1. The fraction of sp³-hybridized carbons (Fsp3) is 0.562. The minimum atomic E-state index is -0.144. The Labute approximate surface area is 126 Å². The number of hydrogen-bond donors (Lipinski definition) is 1. The van der Waals surface area contributed by atoms with Crippen LogP contribution in [0.1, 0.15) is 26.2 Å². The Kier molecular flexibility index (Phi) is 9.04. The predicted octanol–water partition coefficient (Wildman–Crippen LogP) is 2.40. The van der Waals surface area contributed by atoms with E-state index in [4.69, 9.17) is 14.2 Å². The molecule has 1 rings (SSSR count). The summed E-state index contributed by atoms with van der Waals surface area (Å²) in [6, 6.07) is 7.25. The van der Waals surface area contributed by atoms with Crippen LogP contribution >= 0.6 is 0 Å². The molecule has 0 bridgehead atoms. The first-order valence-electron chi connectivity index (χ1n) is 7.38. The van der Waals surface area contributed by atoms with E-state index >= 15 is 0 Å². The lowest BCUT2D eigenvalue weighted by molar-refractivity contribution is -0.123. The summed E-state index contributed by atoms with van der Waals surface area (Å²) in [5.41, 5.74) is 0. The summed E-state index contributed by atoms with van der Waals surface area (Å²) in [5.74, 6) is 1.04. The summed E-state index contributed by atoms with van der Waals surface area (Å²) in [5, 5.41) is 2.80. The predicted molar refractivity (Wildman–Crippen MR) is 81.8 cm³/mol. The van der Waals surface area contributed by atoms with Crippen molar-refractivity contribution in [1.82, 2.24) is 5.32 Å². The molecule has 0 spiro atoms. The number of para-hydroxylation sites is 2. The summed E-state index contributed by atoms with van der Waals surface area (Å²) >= 11 is 0. The second-order valence-electron chi connectivity index (χ2n) is 4.61. The highest BCUT2D eigenvalue weighted by Gasteiger charge is 2.06. The average Bonchev–Trinajstić information content (AvgIpc) is 2.52. The number of ether oxygens (including phenoxy) is 3. The van der Waals surface area contributed by atoms with Crippen LogP contribution in [0, 0.1) is 0 Å². The molecule has 0 atom stereocenters. The molecule has 0 radical (unpaired) electrons. The van der Waals surface area contributed by atoms with Gasteiger partial charge in [0.2, 0.25) is 0 Å². The van der Waals surface area contributed by atoms with Gasteiger partial charge in [0.05, 0.1) is 7.11 Å². The van der Waals surface area contributed by atoms with E-state index in [0.717, 1.165) is 25.9 Å². The molecule has 0 saturated heterocycles.